The van der Waals surface area contributed by atoms with Crippen molar-refractivity contribution in [3.05, 3.63) is 53.3 Å². The molecule has 0 aromatic heterocycles. The normalized spacial score (nSPS) is 14.5. The fraction of sp³-hybridized carbons (Fsp3) is 0.458. The predicted molar refractivity (Wildman–Crippen MR) is 140 cm³/mol. The number of rotatable bonds is 8. The SMILES string of the molecule is CCNC(=NCCc1cccc(OC)c1O)N1CCN(Cc2ccc(OC)c(F)c2)CC1.I. The van der Waals surface area contributed by atoms with Crippen molar-refractivity contribution in [1.82, 2.24) is 15.1 Å². The molecule has 0 atom stereocenters. The molecule has 0 spiro atoms. The molecule has 0 amide bonds. The lowest BCUT2D eigenvalue weighted by molar-refractivity contribution is 0.172. The molecule has 1 fully saturated rings. The van der Waals surface area contributed by atoms with Crippen LogP contribution in [0.15, 0.2) is 41.4 Å². The van der Waals surface area contributed by atoms with Crippen LogP contribution in [0.25, 0.3) is 0 Å². The zero-order valence-corrected chi connectivity index (χ0v) is 21.8. The smallest absolute Gasteiger partial charge is 0.194 e. The van der Waals surface area contributed by atoms with E-state index >= 15 is 0 Å². The third kappa shape index (κ3) is 7.36. The standard InChI is InChI=1S/C24H33FN4O3.HI/c1-4-26-24(27-11-10-19-6-5-7-22(32-3)23(19)30)29-14-12-28(13-15-29)17-18-8-9-21(31-2)20(25)16-18;/h5-9,16,30H,4,10-15,17H2,1-3H3,(H,26,27);1H. The van der Waals surface area contributed by atoms with Gasteiger partial charge in [-0.05, 0) is 42.7 Å². The van der Waals surface area contributed by atoms with Gasteiger partial charge in [-0.2, -0.15) is 0 Å². The Bertz CT molecular complexity index is 921. The molecule has 1 aliphatic heterocycles. The number of hydrogen-bond acceptors (Lipinski definition) is 5. The molecule has 2 N–H and O–H groups in total. The van der Waals surface area contributed by atoms with Crippen LogP contribution in [0, 0.1) is 5.82 Å². The van der Waals surface area contributed by atoms with Gasteiger partial charge < -0.3 is 24.8 Å². The minimum atomic E-state index is -0.327. The highest BCUT2D eigenvalue weighted by atomic mass is 127. The summed E-state index contributed by atoms with van der Waals surface area (Å²) in [6, 6.07) is 10.6. The van der Waals surface area contributed by atoms with Gasteiger partial charge >= 0.3 is 0 Å². The van der Waals surface area contributed by atoms with Gasteiger partial charge in [0.1, 0.15) is 0 Å². The van der Waals surface area contributed by atoms with E-state index < -0.39 is 0 Å². The third-order valence-corrected chi connectivity index (χ3v) is 5.57. The van der Waals surface area contributed by atoms with Crippen LogP contribution in [0.4, 0.5) is 4.39 Å². The maximum Gasteiger partial charge on any atom is 0.194 e. The fourth-order valence-corrected chi connectivity index (χ4v) is 3.83. The van der Waals surface area contributed by atoms with Crippen molar-refractivity contribution in [1.29, 1.82) is 0 Å². The van der Waals surface area contributed by atoms with Crippen LogP contribution in [0.1, 0.15) is 18.1 Å². The van der Waals surface area contributed by atoms with Crippen molar-refractivity contribution >= 4 is 29.9 Å². The number of hydrogen-bond donors (Lipinski definition) is 2. The second-order valence-electron chi connectivity index (χ2n) is 7.69. The maximum atomic E-state index is 14.0. The summed E-state index contributed by atoms with van der Waals surface area (Å²) in [5, 5.41) is 13.6. The van der Waals surface area contributed by atoms with Crippen molar-refractivity contribution in [2.24, 2.45) is 4.99 Å². The highest BCUT2D eigenvalue weighted by Gasteiger charge is 2.20. The first-order valence-electron chi connectivity index (χ1n) is 11.0. The number of guanidine groups is 1. The van der Waals surface area contributed by atoms with Gasteiger partial charge in [0, 0.05) is 45.8 Å². The molecule has 1 heterocycles. The van der Waals surface area contributed by atoms with Gasteiger partial charge in [0.2, 0.25) is 0 Å². The lowest BCUT2D eigenvalue weighted by Gasteiger charge is -2.36. The van der Waals surface area contributed by atoms with Gasteiger partial charge in [0.15, 0.2) is 29.0 Å². The van der Waals surface area contributed by atoms with Gasteiger partial charge in [-0.3, -0.25) is 9.89 Å². The molecule has 0 aliphatic carbocycles. The Balaban J connectivity index is 0.00000385. The molecule has 1 aliphatic rings. The average molecular weight is 572 g/mol. The van der Waals surface area contributed by atoms with Crippen molar-refractivity contribution in [2.45, 2.75) is 19.9 Å². The Morgan fingerprint density at radius 3 is 2.45 bits per heavy atom. The van der Waals surface area contributed by atoms with Crippen LogP contribution in [0.5, 0.6) is 17.2 Å². The van der Waals surface area contributed by atoms with Crippen LogP contribution >= 0.6 is 24.0 Å². The Labute approximate surface area is 212 Å². The number of phenols is 1. The second kappa shape index (κ2) is 13.4. The summed E-state index contributed by atoms with van der Waals surface area (Å²) in [6.45, 7) is 7.53. The largest absolute Gasteiger partial charge is 0.504 e. The van der Waals surface area contributed by atoms with Crippen LogP contribution < -0.4 is 14.8 Å². The summed E-state index contributed by atoms with van der Waals surface area (Å²) >= 11 is 0. The number of methoxy groups -OCH3 is 2. The number of piperazine rings is 1. The molecular weight excluding hydrogens is 538 g/mol. The Kier molecular flexibility index (Phi) is 11.0. The summed E-state index contributed by atoms with van der Waals surface area (Å²) in [4.78, 5) is 9.33. The van der Waals surface area contributed by atoms with E-state index in [1.165, 1.54) is 7.11 Å². The van der Waals surface area contributed by atoms with Gasteiger partial charge in [0.05, 0.1) is 14.2 Å². The molecule has 3 rings (SSSR count). The lowest BCUT2D eigenvalue weighted by atomic mass is 10.1. The van der Waals surface area contributed by atoms with E-state index in [0.717, 1.165) is 49.8 Å². The summed E-state index contributed by atoms with van der Waals surface area (Å²) in [5.74, 6) is 1.48. The zero-order valence-electron chi connectivity index (χ0n) is 19.5. The molecule has 182 valence electrons. The van der Waals surface area contributed by atoms with Crippen molar-refractivity contribution in [2.75, 3.05) is 53.5 Å². The van der Waals surface area contributed by atoms with E-state index in [1.807, 2.05) is 18.2 Å². The number of aliphatic imine (C=N–C) groups is 1. The van der Waals surface area contributed by atoms with Gasteiger partial charge in [-0.15, -0.1) is 24.0 Å². The van der Waals surface area contributed by atoms with Gasteiger partial charge in [-0.1, -0.05) is 18.2 Å². The average Bonchev–Trinajstić information content (AvgIpc) is 2.80. The summed E-state index contributed by atoms with van der Waals surface area (Å²) in [5.41, 5.74) is 1.76. The van der Waals surface area contributed by atoms with Gasteiger partial charge in [-0.25, -0.2) is 4.39 Å². The monoisotopic (exact) mass is 572 g/mol. The number of nitrogens with one attached hydrogen (secondary N) is 1. The van der Waals surface area contributed by atoms with E-state index in [-0.39, 0.29) is 41.3 Å². The molecule has 0 unspecified atom stereocenters. The first-order valence-corrected chi connectivity index (χ1v) is 11.0. The van der Waals surface area contributed by atoms with E-state index in [9.17, 15) is 9.50 Å². The predicted octanol–water partition coefficient (Wildman–Crippen LogP) is 3.49. The van der Waals surface area contributed by atoms with E-state index in [4.69, 9.17) is 14.5 Å². The maximum absolute atomic E-state index is 14.0. The Hall–Kier alpha value is -2.27. The number of benzene rings is 2. The Morgan fingerprint density at radius 1 is 1.09 bits per heavy atom. The van der Waals surface area contributed by atoms with Crippen LogP contribution in [-0.2, 0) is 13.0 Å². The second-order valence-corrected chi connectivity index (χ2v) is 7.69. The quantitative estimate of drug-likeness (QED) is 0.287. The molecule has 1 saturated heterocycles. The van der Waals surface area contributed by atoms with Crippen molar-refractivity contribution in [3.63, 3.8) is 0 Å². The van der Waals surface area contributed by atoms with Crippen LogP contribution in [0.3, 0.4) is 0 Å². The molecule has 0 radical (unpaired) electrons. The van der Waals surface area contributed by atoms with Crippen molar-refractivity contribution in [3.8, 4) is 17.2 Å². The number of aromatic hydroxyl groups is 1. The van der Waals surface area contributed by atoms with Gasteiger partial charge in [0.25, 0.3) is 0 Å². The van der Waals surface area contributed by atoms with E-state index in [2.05, 4.69) is 22.0 Å². The molecular formula is C24H34FIN4O3. The summed E-state index contributed by atoms with van der Waals surface area (Å²) in [7, 11) is 3.02. The highest BCUT2D eigenvalue weighted by molar-refractivity contribution is 14.0. The number of halogens is 2. The van der Waals surface area contributed by atoms with Crippen LogP contribution in [-0.4, -0.2) is 74.4 Å². The molecule has 0 bridgehead atoms. The first-order chi connectivity index (χ1) is 15.5. The Morgan fingerprint density at radius 2 is 1.82 bits per heavy atom. The summed E-state index contributed by atoms with van der Waals surface area (Å²) < 4.78 is 24.1. The number of para-hydroxylation sites is 1. The molecule has 7 nitrogen and oxygen atoms in total. The molecule has 2 aromatic carbocycles. The lowest BCUT2D eigenvalue weighted by Crippen LogP contribution is -2.52. The number of nitrogens with zero attached hydrogens (tertiary/aromatic N) is 3. The minimum absolute atomic E-state index is 0. The van der Waals surface area contributed by atoms with E-state index in [0.29, 0.717) is 25.3 Å². The third-order valence-electron chi connectivity index (χ3n) is 5.57. The highest BCUT2D eigenvalue weighted by Crippen LogP contribution is 2.29. The molecule has 0 saturated carbocycles. The summed E-state index contributed by atoms with van der Waals surface area (Å²) in [6.07, 6.45) is 0.626. The first kappa shape index (κ1) is 27.0. The molecule has 33 heavy (non-hydrogen) atoms. The zero-order chi connectivity index (χ0) is 22.9. The number of ether oxygens (including phenoxy) is 2. The van der Waals surface area contributed by atoms with E-state index in [1.54, 1.807) is 25.3 Å². The fourth-order valence-electron chi connectivity index (χ4n) is 3.83. The molecule has 2 aromatic rings. The molecule has 9 heteroatoms. The van der Waals surface area contributed by atoms with Crippen LogP contribution in [0.2, 0.25) is 0 Å². The minimum Gasteiger partial charge on any atom is -0.504 e. The number of phenolic OH excluding ortho intramolecular Hbond substituents is 1. The topological polar surface area (TPSA) is 69.6 Å². The van der Waals surface area contributed by atoms with Crippen molar-refractivity contribution < 1.29 is 19.0 Å².